The summed E-state index contributed by atoms with van der Waals surface area (Å²) < 4.78 is 56.6. The third-order valence-corrected chi connectivity index (χ3v) is 4.98. The van der Waals surface area contributed by atoms with E-state index in [-0.39, 0.29) is 36.3 Å². The lowest BCUT2D eigenvalue weighted by Gasteiger charge is -2.28. The molecule has 9 heteroatoms. The molecule has 1 atom stereocenters. The zero-order valence-corrected chi connectivity index (χ0v) is 17.0. The largest absolute Gasteiger partial charge is 0.416 e. The molecule has 0 N–H and O–H groups in total. The van der Waals surface area contributed by atoms with Gasteiger partial charge >= 0.3 is 6.18 Å². The highest BCUT2D eigenvalue weighted by Crippen LogP contribution is 2.29. The fourth-order valence-electron chi connectivity index (χ4n) is 3.00. The quantitative estimate of drug-likeness (QED) is 0.468. The molecule has 2 aromatic carbocycles. The fourth-order valence-corrected chi connectivity index (χ4v) is 3.00. The highest BCUT2D eigenvalue weighted by Gasteiger charge is 2.30. The summed E-state index contributed by atoms with van der Waals surface area (Å²) in [5, 5.41) is 3.88. The van der Waals surface area contributed by atoms with Gasteiger partial charge in [-0.05, 0) is 61.9 Å². The number of aromatic nitrogens is 2. The van der Waals surface area contributed by atoms with Crippen LogP contribution in [0.15, 0.2) is 53.1 Å². The van der Waals surface area contributed by atoms with Gasteiger partial charge in [0, 0.05) is 30.1 Å². The van der Waals surface area contributed by atoms with Crippen LogP contribution in [0.2, 0.25) is 0 Å². The molecular formula is C22H21F4N3O2. The second kappa shape index (κ2) is 9.28. The molecule has 31 heavy (non-hydrogen) atoms. The van der Waals surface area contributed by atoms with Crippen LogP contribution in [-0.4, -0.2) is 33.5 Å². The standard InChI is InChI=1S/C22H21F4N3O2/c1-3-14(2)29(21(30)16-4-8-17(9-5-16)22(24,25)26)13-12-19-27-20(28-31-19)15-6-10-18(23)11-7-15/h4-11,14H,3,12-13H2,1-2H3/t14-/m0/s1. The number of nitrogens with zero attached hydrogens (tertiary/aromatic N) is 3. The molecule has 0 aliphatic rings. The van der Waals surface area contributed by atoms with Crippen LogP contribution < -0.4 is 0 Å². The van der Waals surface area contributed by atoms with Gasteiger partial charge in [0.1, 0.15) is 5.82 Å². The van der Waals surface area contributed by atoms with Gasteiger partial charge in [0.05, 0.1) is 5.56 Å². The van der Waals surface area contributed by atoms with Crippen LogP contribution in [0.25, 0.3) is 11.4 Å². The first-order valence-electron chi connectivity index (χ1n) is 9.75. The Kier molecular flexibility index (Phi) is 6.72. The smallest absolute Gasteiger partial charge is 0.339 e. The molecule has 0 saturated heterocycles. The van der Waals surface area contributed by atoms with E-state index >= 15 is 0 Å². The number of amides is 1. The minimum absolute atomic E-state index is 0.144. The van der Waals surface area contributed by atoms with E-state index in [9.17, 15) is 22.4 Å². The lowest BCUT2D eigenvalue weighted by Crippen LogP contribution is -2.39. The van der Waals surface area contributed by atoms with Crippen LogP contribution in [0, 0.1) is 5.82 Å². The predicted molar refractivity (Wildman–Crippen MR) is 106 cm³/mol. The first-order valence-corrected chi connectivity index (χ1v) is 9.75. The van der Waals surface area contributed by atoms with Crippen molar-refractivity contribution in [2.75, 3.05) is 6.54 Å². The van der Waals surface area contributed by atoms with E-state index in [4.69, 9.17) is 4.52 Å². The average Bonchev–Trinajstić information content (AvgIpc) is 3.22. The Balaban J connectivity index is 1.72. The van der Waals surface area contributed by atoms with Crippen LogP contribution in [0.5, 0.6) is 0 Å². The molecule has 0 unspecified atom stereocenters. The summed E-state index contributed by atoms with van der Waals surface area (Å²) in [5.74, 6) is -0.146. The second-order valence-electron chi connectivity index (χ2n) is 7.10. The monoisotopic (exact) mass is 435 g/mol. The van der Waals surface area contributed by atoms with Crippen molar-refractivity contribution in [3.63, 3.8) is 0 Å². The first-order chi connectivity index (χ1) is 14.7. The molecule has 0 fully saturated rings. The van der Waals surface area contributed by atoms with Crippen molar-refractivity contribution in [3.8, 4) is 11.4 Å². The maximum atomic E-state index is 13.1. The second-order valence-corrected chi connectivity index (χ2v) is 7.10. The van der Waals surface area contributed by atoms with Crippen molar-refractivity contribution in [2.45, 2.75) is 38.9 Å². The highest BCUT2D eigenvalue weighted by atomic mass is 19.4. The van der Waals surface area contributed by atoms with Crippen molar-refractivity contribution < 1.29 is 26.9 Å². The Hall–Kier alpha value is -3.23. The molecule has 0 saturated carbocycles. The summed E-state index contributed by atoms with van der Waals surface area (Å²) >= 11 is 0. The summed E-state index contributed by atoms with van der Waals surface area (Å²) in [6.45, 7) is 4.02. The third kappa shape index (κ3) is 5.48. The van der Waals surface area contributed by atoms with Gasteiger partial charge in [-0.2, -0.15) is 18.2 Å². The van der Waals surface area contributed by atoms with E-state index in [2.05, 4.69) is 10.1 Å². The number of carbonyl (C=O) groups is 1. The Morgan fingerprint density at radius 1 is 1.10 bits per heavy atom. The summed E-state index contributed by atoms with van der Waals surface area (Å²) in [7, 11) is 0. The molecule has 5 nitrogen and oxygen atoms in total. The predicted octanol–water partition coefficient (Wildman–Crippen LogP) is 5.38. The molecule has 1 aromatic heterocycles. The Labute approximate surface area is 176 Å². The van der Waals surface area contributed by atoms with Gasteiger partial charge in [0.25, 0.3) is 5.91 Å². The molecule has 3 rings (SSSR count). The molecule has 1 amide bonds. The number of halogens is 4. The van der Waals surface area contributed by atoms with Crippen LogP contribution in [0.4, 0.5) is 17.6 Å². The van der Waals surface area contributed by atoms with Crippen LogP contribution in [0.1, 0.15) is 42.1 Å². The Morgan fingerprint density at radius 2 is 1.74 bits per heavy atom. The average molecular weight is 435 g/mol. The normalized spacial score (nSPS) is 12.6. The van der Waals surface area contributed by atoms with Crippen molar-refractivity contribution in [1.29, 1.82) is 0 Å². The Morgan fingerprint density at radius 3 is 2.32 bits per heavy atom. The number of hydrogen-bond acceptors (Lipinski definition) is 4. The fraction of sp³-hybridized carbons (Fsp3) is 0.318. The topological polar surface area (TPSA) is 59.2 Å². The summed E-state index contributed by atoms with van der Waals surface area (Å²) in [6.07, 6.45) is -3.53. The van der Waals surface area contributed by atoms with Gasteiger partial charge < -0.3 is 9.42 Å². The molecule has 0 bridgehead atoms. The van der Waals surface area contributed by atoms with E-state index in [1.807, 2.05) is 13.8 Å². The lowest BCUT2D eigenvalue weighted by atomic mass is 10.1. The number of rotatable bonds is 7. The van der Waals surface area contributed by atoms with Crippen LogP contribution >= 0.6 is 0 Å². The number of alkyl halides is 3. The molecule has 1 heterocycles. The molecule has 0 radical (unpaired) electrons. The van der Waals surface area contributed by atoms with Gasteiger partial charge in [0.15, 0.2) is 0 Å². The van der Waals surface area contributed by atoms with Gasteiger partial charge in [0.2, 0.25) is 11.7 Å². The van der Waals surface area contributed by atoms with Gasteiger partial charge in [-0.25, -0.2) is 4.39 Å². The zero-order chi connectivity index (χ0) is 22.6. The van der Waals surface area contributed by atoms with Gasteiger partial charge in [-0.3, -0.25) is 4.79 Å². The number of benzene rings is 2. The molecule has 0 aliphatic carbocycles. The molecular weight excluding hydrogens is 414 g/mol. The molecule has 164 valence electrons. The van der Waals surface area contributed by atoms with Crippen molar-refractivity contribution in [3.05, 3.63) is 71.4 Å². The van der Waals surface area contributed by atoms with Crippen LogP contribution in [0.3, 0.4) is 0 Å². The minimum Gasteiger partial charge on any atom is -0.339 e. The van der Waals surface area contributed by atoms with Gasteiger partial charge in [-0.15, -0.1) is 0 Å². The minimum atomic E-state index is -4.46. The van der Waals surface area contributed by atoms with Gasteiger partial charge in [-0.1, -0.05) is 12.1 Å². The van der Waals surface area contributed by atoms with E-state index in [1.54, 1.807) is 4.90 Å². The third-order valence-electron chi connectivity index (χ3n) is 4.98. The maximum absolute atomic E-state index is 13.1. The molecule has 0 aliphatic heterocycles. The van der Waals surface area contributed by atoms with E-state index in [1.165, 1.54) is 36.4 Å². The van der Waals surface area contributed by atoms with E-state index in [0.717, 1.165) is 12.1 Å². The molecule has 0 spiro atoms. The first kappa shape index (κ1) is 22.5. The van der Waals surface area contributed by atoms with Crippen molar-refractivity contribution in [2.24, 2.45) is 0 Å². The van der Waals surface area contributed by atoms with Crippen molar-refractivity contribution >= 4 is 5.91 Å². The maximum Gasteiger partial charge on any atom is 0.416 e. The summed E-state index contributed by atoms with van der Waals surface area (Å²) in [5.41, 5.74) is -0.0415. The van der Waals surface area contributed by atoms with Crippen LogP contribution in [-0.2, 0) is 12.6 Å². The number of hydrogen-bond donors (Lipinski definition) is 0. The lowest BCUT2D eigenvalue weighted by molar-refractivity contribution is -0.137. The summed E-state index contributed by atoms with van der Waals surface area (Å²) in [6, 6.07) is 9.66. The highest BCUT2D eigenvalue weighted by molar-refractivity contribution is 5.94. The van der Waals surface area contributed by atoms with E-state index in [0.29, 0.717) is 23.7 Å². The number of carbonyl (C=O) groups excluding carboxylic acids is 1. The summed E-state index contributed by atoms with van der Waals surface area (Å²) in [4.78, 5) is 18.8. The zero-order valence-electron chi connectivity index (χ0n) is 17.0. The van der Waals surface area contributed by atoms with E-state index < -0.39 is 11.7 Å². The Bertz CT molecular complexity index is 1010. The molecule has 3 aromatic rings. The SMILES string of the molecule is CC[C@H](C)N(CCc1nc(-c2ccc(F)cc2)no1)C(=O)c1ccc(C(F)(F)F)cc1. The van der Waals surface area contributed by atoms with Crippen molar-refractivity contribution in [1.82, 2.24) is 15.0 Å².